The summed E-state index contributed by atoms with van der Waals surface area (Å²) in [5.74, 6) is -1.61. The van der Waals surface area contributed by atoms with Gasteiger partial charge >= 0.3 is 94.4 Å². The number of aliphatic imine (C=N–C) groups is 1. The molecule has 0 aromatic carbocycles. The average molecular weight is 277 g/mol. The summed E-state index contributed by atoms with van der Waals surface area (Å²) in [5.41, 5.74) is 0. The van der Waals surface area contributed by atoms with Crippen molar-refractivity contribution in [3.63, 3.8) is 0 Å². The van der Waals surface area contributed by atoms with Gasteiger partial charge in [0.25, 0.3) is 0 Å². The van der Waals surface area contributed by atoms with Crippen LogP contribution in [0.4, 0.5) is 0 Å². The van der Waals surface area contributed by atoms with Gasteiger partial charge in [0, 0.05) is 0 Å². The Kier molecular flexibility index (Phi) is 4.29. The van der Waals surface area contributed by atoms with Gasteiger partial charge in [-0.2, -0.15) is 0 Å². The number of nitrogens with one attached hydrogen (secondary N) is 1. The summed E-state index contributed by atoms with van der Waals surface area (Å²) in [7, 11) is 1.18. The number of methoxy groups -OCH3 is 1. The van der Waals surface area contributed by atoms with Gasteiger partial charge in [0.15, 0.2) is 0 Å². The van der Waals surface area contributed by atoms with Crippen molar-refractivity contribution in [3.8, 4) is 0 Å². The van der Waals surface area contributed by atoms with Crippen molar-refractivity contribution < 1.29 is 14.3 Å². The first-order chi connectivity index (χ1) is 7.08. The van der Waals surface area contributed by atoms with E-state index in [1.807, 2.05) is 6.92 Å². The fourth-order valence-electron chi connectivity index (χ4n) is 1.27. The van der Waals surface area contributed by atoms with Crippen LogP contribution in [0.5, 0.6) is 0 Å². The van der Waals surface area contributed by atoms with E-state index < -0.39 is 11.9 Å². The average Bonchev–Trinajstić information content (AvgIpc) is 2.57. The van der Waals surface area contributed by atoms with Crippen LogP contribution in [0.2, 0.25) is 4.82 Å². The third kappa shape index (κ3) is 3.04. The minimum atomic E-state index is -0.874. The Bertz CT molecular complexity index is 304. The van der Waals surface area contributed by atoms with Gasteiger partial charge in [-0.3, -0.25) is 0 Å². The molecule has 0 radical (unpaired) electrons. The molecule has 84 valence electrons. The molecule has 0 aromatic rings. The molecule has 0 fully saturated rings. The van der Waals surface area contributed by atoms with Crippen molar-refractivity contribution in [2.24, 2.45) is 4.99 Å². The number of carbonyl (C=O) groups is 2. The zero-order chi connectivity index (χ0) is 11.4. The molecule has 0 saturated carbocycles. The molecular weight excluding hydrogens is 263 g/mol. The standard InChI is InChI=1S/C9H14N2O3Se/c1-4-6-5(2)10-9(15-6)11-7(12)8(13)14-3/h5-6H,4H2,1-3H3,(H,10,11,12)/t5-,6-/m1/s1. The van der Waals surface area contributed by atoms with Crippen LogP contribution in [-0.2, 0) is 14.3 Å². The Balaban J connectivity index is 2.51. The van der Waals surface area contributed by atoms with Crippen LogP contribution in [0, 0.1) is 0 Å². The Morgan fingerprint density at radius 1 is 1.60 bits per heavy atom. The van der Waals surface area contributed by atoms with E-state index in [0.717, 1.165) is 6.42 Å². The number of esters is 1. The monoisotopic (exact) mass is 278 g/mol. The maximum atomic E-state index is 11.2. The summed E-state index contributed by atoms with van der Waals surface area (Å²) in [6, 6.07) is 0.239. The number of amides is 1. The first-order valence-corrected chi connectivity index (χ1v) is 6.56. The summed E-state index contributed by atoms with van der Waals surface area (Å²) in [5, 5.41) is 2.49. The third-order valence-electron chi connectivity index (χ3n) is 2.12. The van der Waals surface area contributed by atoms with E-state index in [9.17, 15) is 9.59 Å². The van der Waals surface area contributed by atoms with E-state index in [2.05, 4.69) is 22.0 Å². The van der Waals surface area contributed by atoms with Crippen LogP contribution in [-0.4, -0.2) is 44.7 Å². The van der Waals surface area contributed by atoms with Crippen LogP contribution in [0.3, 0.4) is 0 Å². The second-order valence-corrected chi connectivity index (χ2v) is 5.76. The van der Waals surface area contributed by atoms with Crippen LogP contribution in [0.1, 0.15) is 20.3 Å². The number of nitrogens with zero attached hydrogens (tertiary/aromatic N) is 1. The Morgan fingerprint density at radius 3 is 2.73 bits per heavy atom. The molecule has 6 heteroatoms. The first-order valence-electron chi connectivity index (χ1n) is 4.72. The van der Waals surface area contributed by atoms with Crippen molar-refractivity contribution in [3.05, 3.63) is 0 Å². The maximum absolute atomic E-state index is 11.2. The van der Waals surface area contributed by atoms with E-state index in [1.54, 1.807) is 0 Å². The Hall–Kier alpha value is -0.871. The summed E-state index contributed by atoms with van der Waals surface area (Å²) < 4.78 is 4.95. The van der Waals surface area contributed by atoms with Crippen molar-refractivity contribution in [1.82, 2.24) is 5.32 Å². The Labute approximate surface area is 94.8 Å². The van der Waals surface area contributed by atoms with E-state index in [1.165, 1.54) is 7.11 Å². The molecule has 0 aromatic heterocycles. The Morgan fingerprint density at radius 2 is 2.27 bits per heavy atom. The molecule has 2 atom stereocenters. The third-order valence-corrected chi connectivity index (χ3v) is 5.18. The molecule has 0 saturated heterocycles. The number of ether oxygens (including phenoxy) is 1. The van der Waals surface area contributed by atoms with Gasteiger partial charge in [-0.15, -0.1) is 0 Å². The van der Waals surface area contributed by atoms with Gasteiger partial charge < -0.3 is 0 Å². The van der Waals surface area contributed by atoms with Crippen LogP contribution in [0.15, 0.2) is 4.99 Å². The van der Waals surface area contributed by atoms with Crippen molar-refractivity contribution >= 4 is 31.6 Å². The number of amidine groups is 1. The number of hydrogen-bond acceptors (Lipinski definition) is 4. The normalized spacial score (nSPS) is 24.6. The molecule has 5 nitrogen and oxygen atoms in total. The summed E-state index contributed by atoms with van der Waals surface area (Å²) in [6.45, 7) is 4.12. The summed E-state index contributed by atoms with van der Waals surface area (Å²) in [4.78, 5) is 26.8. The fourth-order valence-corrected chi connectivity index (χ4v) is 3.55. The number of hydrogen-bond donors (Lipinski definition) is 1. The van der Waals surface area contributed by atoms with E-state index >= 15 is 0 Å². The number of rotatable bonds is 1. The molecule has 0 spiro atoms. The van der Waals surface area contributed by atoms with Crippen LogP contribution >= 0.6 is 0 Å². The second kappa shape index (κ2) is 5.28. The zero-order valence-electron chi connectivity index (χ0n) is 8.94. The minimum absolute atomic E-state index is 0.151. The SMILES string of the molecule is CC[C@H]1[Se]C(NC(=O)C(=O)OC)=N[C@@H]1C. The van der Waals surface area contributed by atoms with Gasteiger partial charge in [-0.25, -0.2) is 0 Å². The molecular formula is C9H14N2O3Se. The van der Waals surface area contributed by atoms with Gasteiger partial charge in [-0.05, 0) is 0 Å². The molecule has 0 aliphatic carbocycles. The quantitative estimate of drug-likeness (QED) is 0.414. The van der Waals surface area contributed by atoms with Gasteiger partial charge in [0.1, 0.15) is 0 Å². The van der Waals surface area contributed by atoms with Gasteiger partial charge in [0.05, 0.1) is 0 Å². The van der Waals surface area contributed by atoms with Crippen LogP contribution < -0.4 is 5.32 Å². The van der Waals surface area contributed by atoms with Crippen molar-refractivity contribution in [2.45, 2.75) is 31.1 Å². The predicted octanol–water partition coefficient (Wildman–Crippen LogP) is -0.0636. The molecule has 0 unspecified atom stereocenters. The van der Waals surface area contributed by atoms with Gasteiger partial charge in [0.2, 0.25) is 0 Å². The molecule has 1 aliphatic rings. The molecule has 0 bridgehead atoms. The summed E-state index contributed by atoms with van der Waals surface area (Å²) in [6.07, 6.45) is 1.04. The van der Waals surface area contributed by atoms with E-state index in [0.29, 0.717) is 9.55 Å². The van der Waals surface area contributed by atoms with E-state index in [4.69, 9.17) is 0 Å². The first kappa shape index (κ1) is 12.2. The number of carbonyl (C=O) groups excluding carboxylic acids is 2. The molecule has 1 heterocycles. The molecule has 15 heavy (non-hydrogen) atoms. The fraction of sp³-hybridized carbons (Fsp3) is 0.667. The second-order valence-electron chi connectivity index (χ2n) is 3.19. The van der Waals surface area contributed by atoms with E-state index in [-0.39, 0.29) is 21.0 Å². The molecule has 1 N–H and O–H groups in total. The van der Waals surface area contributed by atoms with Gasteiger partial charge in [-0.1, -0.05) is 0 Å². The topological polar surface area (TPSA) is 67.8 Å². The molecule has 1 rings (SSSR count). The molecule has 1 amide bonds. The zero-order valence-corrected chi connectivity index (χ0v) is 10.7. The van der Waals surface area contributed by atoms with Crippen molar-refractivity contribution in [2.75, 3.05) is 7.11 Å². The predicted molar refractivity (Wildman–Crippen MR) is 56.9 cm³/mol. The molecule has 1 aliphatic heterocycles. The van der Waals surface area contributed by atoms with Crippen molar-refractivity contribution in [1.29, 1.82) is 0 Å². The van der Waals surface area contributed by atoms with Crippen LogP contribution in [0.25, 0.3) is 0 Å². The summed E-state index contributed by atoms with van der Waals surface area (Å²) >= 11 is 0.151.